The van der Waals surface area contributed by atoms with Crippen LogP contribution in [0.1, 0.15) is 26.0 Å². The zero-order valence-corrected chi connectivity index (χ0v) is 12.1. The molecule has 0 aliphatic carbocycles. The van der Waals surface area contributed by atoms with E-state index in [0.717, 1.165) is 29.9 Å². The van der Waals surface area contributed by atoms with Crippen LogP contribution in [0, 0.1) is 0 Å². The highest BCUT2D eigenvalue weighted by Gasteiger charge is 2.13. The van der Waals surface area contributed by atoms with Crippen molar-refractivity contribution in [2.75, 3.05) is 6.61 Å². The summed E-state index contributed by atoms with van der Waals surface area (Å²) in [5, 5.41) is 21.6. The van der Waals surface area contributed by atoms with Gasteiger partial charge in [-0.1, -0.05) is 37.3 Å². The van der Waals surface area contributed by atoms with Gasteiger partial charge in [-0.25, -0.2) is 0 Å². The Hall–Kier alpha value is -1.72. The average molecular weight is 274 g/mol. The van der Waals surface area contributed by atoms with Gasteiger partial charge in [-0.05, 0) is 13.3 Å². The zero-order valence-electron chi connectivity index (χ0n) is 12.1. The molecule has 0 unspecified atom stereocenters. The fourth-order valence-electron chi connectivity index (χ4n) is 2.04. The molecule has 1 atom stereocenters. The number of aliphatic hydroxyl groups excluding tert-OH is 1. The molecule has 0 radical (unpaired) electrons. The highest BCUT2D eigenvalue weighted by Crippen LogP contribution is 2.19. The molecule has 0 saturated heterocycles. The van der Waals surface area contributed by atoms with Crippen LogP contribution in [0.15, 0.2) is 30.3 Å². The molecule has 2 aromatic rings. The maximum Gasteiger partial charge on any atom is 0.117 e. The number of rotatable bonds is 7. The Morgan fingerprint density at radius 1 is 1.20 bits per heavy atom. The van der Waals surface area contributed by atoms with Gasteiger partial charge in [0.25, 0.3) is 0 Å². The van der Waals surface area contributed by atoms with E-state index in [2.05, 4.69) is 22.4 Å². The Bertz CT molecular complexity index is 520. The van der Waals surface area contributed by atoms with Crippen LogP contribution in [0.3, 0.4) is 0 Å². The monoisotopic (exact) mass is 274 g/mol. The third-order valence-electron chi connectivity index (χ3n) is 3.33. The number of nitrogens with zero attached hydrogens (tertiary/aromatic N) is 3. The van der Waals surface area contributed by atoms with Crippen molar-refractivity contribution in [3.63, 3.8) is 0 Å². The van der Waals surface area contributed by atoms with Crippen LogP contribution in [0.5, 0.6) is 0 Å². The van der Waals surface area contributed by atoms with Gasteiger partial charge in [-0.3, -0.25) is 0 Å². The third kappa shape index (κ3) is 3.43. The summed E-state index contributed by atoms with van der Waals surface area (Å²) in [6, 6.07) is 10.2. The van der Waals surface area contributed by atoms with Crippen LogP contribution in [0.4, 0.5) is 0 Å². The molecule has 0 aliphatic heterocycles. The van der Waals surface area contributed by atoms with Gasteiger partial charge < -0.3 is 10.4 Å². The second-order valence-electron chi connectivity index (χ2n) is 4.72. The molecule has 5 heteroatoms. The van der Waals surface area contributed by atoms with Crippen LogP contribution in [-0.2, 0) is 13.1 Å². The van der Waals surface area contributed by atoms with Crippen LogP contribution < -0.4 is 5.32 Å². The summed E-state index contributed by atoms with van der Waals surface area (Å²) in [7, 11) is 0. The lowest BCUT2D eigenvalue weighted by Crippen LogP contribution is -2.31. The summed E-state index contributed by atoms with van der Waals surface area (Å²) < 4.78 is 0. The van der Waals surface area contributed by atoms with Crippen LogP contribution >= 0.6 is 0 Å². The molecule has 0 spiro atoms. The second kappa shape index (κ2) is 7.17. The van der Waals surface area contributed by atoms with Crippen molar-refractivity contribution in [3.05, 3.63) is 36.0 Å². The molecule has 2 N–H and O–H groups in total. The molecule has 1 heterocycles. The van der Waals surface area contributed by atoms with E-state index in [0.29, 0.717) is 6.54 Å². The number of nitrogens with one attached hydrogen (secondary N) is 1. The average Bonchev–Trinajstić information content (AvgIpc) is 2.92. The van der Waals surface area contributed by atoms with Crippen molar-refractivity contribution in [2.24, 2.45) is 0 Å². The van der Waals surface area contributed by atoms with E-state index >= 15 is 0 Å². The van der Waals surface area contributed by atoms with Gasteiger partial charge in [-0.15, -0.1) is 0 Å². The number of hydrogen-bond donors (Lipinski definition) is 2. The van der Waals surface area contributed by atoms with Crippen LogP contribution in [0.2, 0.25) is 0 Å². The maximum absolute atomic E-state index is 9.24. The molecule has 1 aromatic carbocycles. The van der Waals surface area contributed by atoms with Gasteiger partial charge >= 0.3 is 0 Å². The van der Waals surface area contributed by atoms with Gasteiger partial charge in [0.2, 0.25) is 0 Å². The van der Waals surface area contributed by atoms with E-state index in [1.165, 1.54) is 0 Å². The number of aromatic nitrogens is 3. The highest BCUT2D eigenvalue weighted by molar-refractivity contribution is 5.60. The molecular weight excluding hydrogens is 252 g/mol. The summed E-state index contributed by atoms with van der Waals surface area (Å²) >= 11 is 0. The third-order valence-corrected chi connectivity index (χ3v) is 3.33. The molecule has 0 aliphatic rings. The predicted octanol–water partition coefficient (Wildman–Crippen LogP) is 1.83. The Morgan fingerprint density at radius 2 is 1.95 bits per heavy atom. The normalized spacial score (nSPS) is 12.6. The minimum Gasteiger partial charge on any atom is -0.395 e. The van der Waals surface area contributed by atoms with Gasteiger partial charge in [0, 0.05) is 18.2 Å². The van der Waals surface area contributed by atoms with Crippen molar-refractivity contribution in [3.8, 4) is 11.3 Å². The topological polar surface area (TPSA) is 63.0 Å². The molecule has 20 heavy (non-hydrogen) atoms. The summed E-state index contributed by atoms with van der Waals surface area (Å²) in [5.74, 6) is 0. The first-order valence-electron chi connectivity index (χ1n) is 7.12. The minimum absolute atomic E-state index is 0.102. The molecule has 108 valence electrons. The van der Waals surface area contributed by atoms with Crippen molar-refractivity contribution in [1.82, 2.24) is 20.3 Å². The molecule has 0 amide bonds. The lowest BCUT2D eigenvalue weighted by atomic mass is 10.1. The molecule has 0 saturated carbocycles. The van der Waals surface area contributed by atoms with Crippen molar-refractivity contribution in [2.45, 2.75) is 39.4 Å². The Morgan fingerprint density at radius 3 is 2.55 bits per heavy atom. The second-order valence-corrected chi connectivity index (χ2v) is 4.72. The van der Waals surface area contributed by atoms with E-state index in [-0.39, 0.29) is 12.6 Å². The maximum atomic E-state index is 9.24. The van der Waals surface area contributed by atoms with Gasteiger partial charge in [0.05, 0.1) is 13.2 Å². The SMILES string of the molecule is CC[C@@H](CO)NCc1nn(CC)nc1-c1ccccc1. The van der Waals surface area contributed by atoms with E-state index in [1.54, 1.807) is 4.80 Å². The zero-order chi connectivity index (χ0) is 14.4. The van der Waals surface area contributed by atoms with E-state index < -0.39 is 0 Å². The summed E-state index contributed by atoms with van der Waals surface area (Å²) in [6.45, 7) is 5.57. The smallest absolute Gasteiger partial charge is 0.117 e. The summed E-state index contributed by atoms with van der Waals surface area (Å²) in [6.07, 6.45) is 0.888. The van der Waals surface area contributed by atoms with E-state index in [9.17, 15) is 5.11 Å². The molecular formula is C15H22N4O. The van der Waals surface area contributed by atoms with Crippen molar-refractivity contribution < 1.29 is 5.11 Å². The lowest BCUT2D eigenvalue weighted by Gasteiger charge is -2.12. The van der Waals surface area contributed by atoms with Crippen LogP contribution in [0.25, 0.3) is 11.3 Å². The largest absolute Gasteiger partial charge is 0.395 e. The first-order chi connectivity index (χ1) is 9.78. The molecule has 0 bridgehead atoms. The highest BCUT2D eigenvalue weighted by atomic mass is 16.3. The lowest BCUT2D eigenvalue weighted by molar-refractivity contribution is 0.238. The first-order valence-corrected chi connectivity index (χ1v) is 7.12. The fourth-order valence-corrected chi connectivity index (χ4v) is 2.04. The quantitative estimate of drug-likeness (QED) is 0.808. The molecule has 1 aromatic heterocycles. The molecule has 2 rings (SSSR count). The standard InChI is InChI=1S/C15H22N4O/c1-3-13(11-20)16-10-14-15(18-19(4-2)17-14)12-8-6-5-7-9-12/h5-9,13,16,20H,3-4,10-11H2,1-2H3/t13-/m0/s1. The number of aryl methyl sites for hydroxylation is 1. The van der Waals surface area contributed by atoms with Crippen molar-refractivity contribution >= 4 is 0 Å². The van der Waals surface area contributed by atoms with E-state index in [1.807, 2.05) is 37.3 Å². The Balaban J connectivity index is 2.21. The molecule has 5 nitrogen and oxygen atoms in total. The summed E-state index contributed by atoms with van der Waals surface area (Å²) in [4.78, 5) is 1.71. The van der Waals surface area contributed by atoms with Gasteiger partial charge in [0.15, 0.2) is 0 Å². The minimum atomic E-state index is 0.102. The Kier molecular flexibility index (Phi) is 5.26. The van der Waals surface area contributed by atoms with Gasteiger partial charge in [0.1, 0.15) is 11.4 Å². The van der Waals surface area contributed by atoms with Crippen molar-refractivity contribution in [1.29, 1.82) is 0 Å². The number of aliphatic hydroxyl groups is 1. The predicted molar refractivity (Wildman–Crippen MR) is 79.1 cm³/mol. The fraction of sp³-hybridized carbons (Fsp3) is 0.467. The number of hydrogen-bond acceptors (Lipinski definition) is 4. The molecule has 0 fully saturated rings. The first kappa shape index (κ1) is 14.7. The van der Waals surface area contributed by atoms with Gasteiger partial charge in [-0.2, -0.15) is 15.0 Å². The van der Waals surface area contributed by atoms with Crippen LogP contribution in [-0.4, -0.2) is 32.7 Å². The Labute approximate surface area is 119 Å². The summed E-state index contributed by atoms with van der Waals surface area (Å²) in [5.41, 5.74) is 2.90. The number of benzene rings is 1. The van der Waals surface area contributed by atoms with E-state index in [4.69, 9.17) is 0 Å².